The van der Waals surface area contributed by atoms with Crippen LogP contribution >= 0.6 is 0 Å². The van der Waals surface area contributed by atoms with Crippen LogP contribution in [0.25, 0.3) is 0 Å². The molecule has 1 N–H and O–H groups in total. The minimum Gasteiger partial charge on any atom is -0.598 e. The number of hydrogen-bond acceptors (Lipinski definition) is 5. The molecule has 1 aromatic heterocycles. The molecule has 0 spiro atoms. The second kappa shape index (κ2) is 7.07. The van der Waals surface area contributed by atoms with Gasteiger partial charge >= 0.3 is 0 Å². The summed E-state index contributed by atoms with van der Waals surface area (Å²) in [4.78, 5) is 4.44. The van der Waals surface area contributed by atoms with Crippen molar-refractivity contribution in [3.05, 3.63) is 30.1 Å². The molecule has 130 valence electrons. The molecule has 1 saturated heterocycles. The minimum absolute atomic E-state index is 0.0463. The van der Waals surface area contributed by atoms with E-state index in [1.54, 1.807) is 6.20 Å². The van der Waals surface area contributed by atoms with Gasteiger partial charge in [-0.3, -0.25) is 4.98 Å². The summed E-state index contributed by atoms with van der Waals surface area (Å²) in [5, 5.41) is 0. The van der Waals surface area contributed by atoms with Gasteiger partial charge in [-0.2, -0.15) is 0 Å². The first-order valence-corrected chi connectivity index (χ1v) is 9.16. The van der Waals surface area contributed by atoms with E-state index in [0.29, 0.717) is 6.61 Å². The first-order chi connectivity index (χ1) is 10.6. The van der Waals surface area contributed by atoms with Gasteiger partial charge in [-0.05, 0) is 46.8 Å². The fraction of sp³-hybridized carbons (Fsp3) is 0.706. The number of hydrogen-bond donors (Lipinski definition) is 1. The van der Waals surface area contributed by atoms with Crippen molar-refractivity contribution in [2.45, 2.75) is 70.1 Å². The van der Waals surface area contributed by atoms with Gasteiger partial charge < -0.3 is 14.0 Å². The second-order valence-corrected chi connectivity index (χ2v) is 9.43. The molecule has 1 aliphatic rings. The molecule has 2 heterocycles. The maximum absolute atomic E-state index is 12.6. The molecule has 5 nitrogen and oxygen atoms in total. The van der Waals surface area contributed by atoms with Crippen LogP contribution in [0.3, 0.4) is 0 Å². The third kappa shape index (κ3) is 4.90. The highest BCUT2D eigenvalue weighted by Crippen LogP contribution is 2.31. The summed E-state index contributed by atoms with van der Waals surface area (Å²) >= 11 is -1.20. The number of aromatic nitrogens is 1. The topological polar surface area (TPSA) is 66.4 Å². The van der Waals surface area contributed by atoms with Crippen LogP contribution in [0.1, 0.15) is 53.2 Å². The van der Waals surface area contributed by atoms with Gasteiger partial charge in [-0.15, -0.1) is 4.72 Å². The van der Waals surface area contributed by atoms with Crippen LogP contribution in [0.2, 0.25) is 0 Å². The molecule has 2 unspecified atom stereocenters. The summed E-state index contributed by atoms with van der Waals surface area (Å²) in [6.45, 7) is 12.2. The van der Waals surface area contributed by atoms with E-state index in [4.69, 9.17) is 9.47 Å². The predicted molar refractivity (Wildman–Crippen MR) is 92.4 cm³/mol. The van der Waals surface area contributed by atoms with E-state index < -0.39 is 17.1 Å². The van der Waals surface area contributed by atoms with Crippen LogP contribution in [0.5, 0.6) is 0 Å². The van der Waals surface area contributed by atoms with Crippen molar-refractivity contribution in [1.82, 2.24) is 9.71 Å². The molecule has 6 heteroatoms. The molecule has 23 heavy (non-hydrogen) atoms. The van der Waals surface area contributed by atoms with Gasteiger partial charge in [0.2, 0.25) is 0 Å². The van der Waals surface area contributed by atoms with E-state index in [9.17, 15) is 4.55 Å². The van der Waals surface area contributed by atoms with Crippen LogP contribution < -0.4 is 4.72 Å². The van der Waals surface area contributed by atoms with Gasteiger partial charge in [-0.25, -0.2) is 0 Å². The van der Waals surface area contributed by atoms with Gasteiger partial charge in [0, 0.05) is 29.2 Å². The molecule has 0 saturated carbocycles. The Labute approximate surface area is 142 Å². The third-order valence-corrected chi connectivity index (χ3v) is 5.52. The fourth-order valence-corrected chi connectivity index (χ4v) is 3.48. The predicted octanol–water partition coefficient (Wildman–Crippen LogP) is 2.76. The second-order valence-electron chi connectivity index (χ2n) is 7.44. The molecule has 0 aromatic carbocycles. The Bertz CT molecular complexity index is 504. The Hall–Kier alpha value is -0.660. The van der Waals surface area contributed by atoms with Crippen LogP contribution in [0.15, 0.2) is 24.4 Å². The summed E-state index contributed by atoms with van der Waals surface area (Å²) < 4.78 is 27.2. The van der Waals surface area contributed by atoms with Gasteiger partial charge in [0.05, 0.1) is 12.6 Å². The third-order valence-electron chi connectivity index (χ3n) is 3.92. The van der Waals surface area contributed by atoms with Crippen molar-refractivity contribution >= 4 is 11.4 Å². The first-order valence-electron chi connectivity index (χ1n) is 8.01. The molecule has 2 rings (SSSR count). The molecule has 0 aliphatic carbocycles. The fourth-order valence-electron chi connectivity index (χ4n) is 2.52. The molecular formula is C17H28N2O3S. The van der Waals surface area contributed by atoms with Crippen molar-refractivity contribution in [3.63, 3.8) is 0 Å². The van der Waals surface area contributed by atoms with Gasteiger partial charge in [0.1, 0.15) is 10.9 Å². The van der Waals surface area contributed by atoms with Crippen LogP contribution in [-0.4, -0.2) is 38.8 Å². The number of rotatable bonds is 5. The maximum atomic E-state index is 12.6. The number of ether oxygens (including phenoxy) is 2. The molecule has 0 amide bonds. The molecule has 1 fully saturated rings. The number of nitrogens with one attached hydrogen (secondary N) is 1. The minimum atomic E-state index is -1.20. The Morgan fingerprint density at radius 3 is 2.57 bits per heavy atom. The highest BCUT2D eigenvalue weighted by molar-refractivity contribution is 7.90. The lowest BCUT2D eigenvalue weighted by molar-refractivity contribution is -0.141. The molecular weight excluding hydrogens is 312 g/mol. The first kappa shape index (κ1) is 18.7. The average molecular weight is 340 g/mol. The lowest BCUT2D eigenvalue weighted by Gasteiger charge is -2.33. The van der Waals surface area contributed by atoms with E-state index in [0.717, 1.165) is 5.69 Å². The largest absolute Gasteiger partial charge is 0.598 e. The lowest BCUT2D eigenvalue weighted by Crippen LogP contribution is -2.52. The SMILES string of the molecule is CC(c1ccccn1)C(N[S@+]([O-])C(C)(C)C)[C@H]1COC(C)(C)O1. The van der Waals surface area contributed by atoms with E-state index >= 15 is 0 Å². The van der Waals surface area contributed by atoms with Crippen molar-refractivity contribution in [2.24, 2.45) is 0 Å². The molecule has 1 aliphatic heterocycles. The zero-order valence-electron chi connectivity index (χ0n) is 14.8. The number of pyridine rings is 1. The lowest BCUT2D eigenvalue weighted by atomic mass is 9.94. The van der Waals surface area contributed by atoms with Gasteiger partial charge in [0.15, 0.2) is 5.79 Å². The highest BCUT2D eigenvalue weighted by Gasteiger charge is 2.43. The Morgan fingerprint density at radius 1 is 1.39 bits per heavy atom. The smallest absolute Gasteiger partial charge is 0.163 e. The van der Waals surface area contributed by atoms with E-state index in [1.807, 2.05) is 52.8 Å². The van der Waals surface area contributed by atoms with Crippen molar-refractivity contribution in [2.75, 3.05) is 6.61 Å². The molecule has 1 aromatic rings. The standard InChI is InChI=1S/C17H28N2O3S/c1-12(13-9-7-8-10-18-13)15(19-23(20)16(2,3)4)14-11-21-17(5,6)22-14/h7-10,12,14-15,19H,11H2,1-6H3/t12?,14-,15?,23-/m1/s1. The van der Waals surface area contributed by atoms with Gasteiger partial charge in [0.25, 0.3) is 0 Å². The maximum Gasteiger partial charge on any atom is 0.163 e. The van der Waals surface area contributed by atoms with Crippen LogP contribution in [0.4, 0.5) is 0 Å². The quantitative estimate of drug-likeness (QED) is 0.835. The van der Waals surface area contributed by atoms with E-state index in [1.165, 1.54) is 0 Å². The average Bonchev–Trinajstić information content (AvgIpc) is 2.83. The zero-order chi connectivity index (χ0) is 17.3. The summed E-state index contributed by atoms with van der Waals surface area (Å²) in [6, 6.07) is 5.70. The Morgan fingerprint density at radius 2 is 2.09 bits per heavy atom. The van der Waals surface area contributed by atoms with Crippen molar-refractivity contribution in [1.29, 1.82) is 0 Å². The Kier molecular flexibility index (Phi) is 5.74. The summed E-state index contributed by atoms with van der Waals surface area (Å²) in [5.41, 5.74) is 0.948. The Balaban J connectivity index is 2.21. The van der Waals surface area contributed by atoms with Crippen molar-refractivity contribution in [3.8, 4) is 0 Å². The van der Waals surface area contributed by atoms with Crippen LogP contribution in [0, 0.1) is 0 Å². The normalized spacial score (nSPS) is 25.1. The summed E-state index contributed by atoms with van der Waals surface area (Å²) in [6.07, 6.45) is 1.60. The summed E-state index contributed by atoms with van der Waals surface area (Å²) in [7, 11) is 0. The number of nitrogens with zero attached hydrogens (tertiary/aromatic N) is 1. The molecule has 0 radical (unpaired) electrons. The van der Waals surface area contributed by atoms with Gasteiger partial charge in [-0.1, -0.05) is 13.0 Å². The summed E-state index contributed by atoms with van der Waals surface area (Å²) in [5.74, 6) is -0.567. The zero-order valence-corrected chi connectivity index (χ0v) is 15.6. The van der Waals surface area contributed by atoms with E-state index in [2.05, 4.69) is 16.6 Å². The highest BCUT2D eigenvalue weighted by atomic mass is 32.2. The monoisotopic (exact) mass is 340 g/mol. The van der Waals surface area contributed by atoms with Crippen molar-refractivity contribution < 1.29 is 14.0 Å². The molecule has 0 bridgehead atoms. The molecule has 4 atom stereocenters. The van der Waals surface area contributed by atoms with E-state index in [-0.39, 0.29) is 22.8 Å². The van der Waals surface area contributed by atoms with Crippen LogP contribution in [-0.2, 0) is 20.8 Å².